The van der Waals surface area contributed by atoms with Crippen LogP contribution < -0.4 is 5.32 Å². The Labute approximate surface area is 179 Å². The van der Waals surface area contributed by atoms with Crippen LogP contribution in [-0.4, -0.2) is 74.3 Å². The van der Waals surface area contributed by atoms with E-state index in [0.717, 1.165) is 0 Å². The van der Waals surface area contributed by atoms with Gasteiger partial charge in [0.1, 0.15) is 12.6 Å². The first-order valence-corrected chi connectivity index (χ1v) is 13.4. The number of rotatable bonds is 10. The number of phosphoric acid groups is 2. The summed E-state index contributed by atoms with van der Waals surface area (Å²) in [5.74, 6) is -0.982. The minimum atomic E-state index is -5.60. The molecule has 0 saturated carbocycles. The summed E-state index contributed by atoms with van der Waals surface area (Å²) < 4.78 is 51.7. The molecular formula is C11H20N5O13P3. The number of carbonyl (C=O) groups excluding carboxylic acids is 2. The lowest BCUT2D eigenvalue weighted by Gasteiger charge is -2.34. The normalized spacial score (nSPS) is 30.2. The van der Waals surface area contributed by atoms with Gasteiger partial charge in [0, 0.05) is 17.9 Å². The fraction of sp³-hybridized carbons (Fsp3) is 0.818. The van der Waals surface area contributed by atoms with Gasteiger partial charge in [-0.25, -0.2) is 18.2 Å². The smallest absolute Gasteiger partial charge is 0.366 e. The van der Waals surface area contributed by atoms with Crippen molar-refractivity contribution < 1.29 is 61.0 Å². The Morgan fingerprint density at radius 1 is 1.25 bits per heavy atom. The van der Waals surface area contributed by atoms with E-state index in [0.29, 0.717) is 0 Å². The molecule has 21 heteroatoms. The second-order valence-electron chi connectivity index (χ2n) is 6.74. The van der Waals surface area contributed by atoms with Gasteiger partial charge in [0.05, 0.1) is 24.7 Å². The highest BCUT2D eigenvalue weighted by atomic mass is 31.3. The van der Waals surface area contributed by atoms with Crippen LogP contribution in [0.1, 0.15) is 13.3 Å². The molecule has 0 aromatic rings. The lowest BCUT2D eigenvalue weighted by atomic mass is 10.1. The third-order valence-electron chi connectivity index (χ3n) is 4.14. The molecule has 2 fully saturated rings. The van der Waals surface area contributed by atoms with Crippen molar-refractivity contribution >= 4 is 35.2 Å². The molecule has 2 heterocycles. The molecule has 5 N–H and O–H groups in total. The Bertz CT molecular complexity index is 934. The Kier molecular flexibility index (Phi) is 8.62. The zero-order chi connectivity index (χ0) is 24.3. The van der Waals surface area contributed by atoms with Crippen molar-refractivity contribution in [1.82, 2.24) is 10.2 Å². The minimum Gasteiger partial charge on any atom is -0.366 e. The first-order chi connectivity index (χ1) is 14.6. The lowest BCUT2D eigenvalue weighted by molar-refractivity contribution is -0.128. The summed E-state index contributed by atoms with van der Waals surface area (Å²) in [5.41, 5.74) is 8.73. The second-order valence-corrected chi connectivity index (χ2v) is 11.5. The standard InChI is InChI=1S/C11H20N5O13P3/c1-6-3-16(11(18)13-10(6)17)9-2-7(14-15-12)8(27-9)4-26-5-30(19,20)28-32(24,25)29-31(21,22)23/h6-9H,2-5H2,1H3,(H,19,20)(H,24,25)(H,13,17,18)(H2,21,22,23)/t6?,7?,8-,9-/m1/s1. The van der Waals surface area contributed by atoms with Crippen LogP contribution in [-0.2, 0) is 36.6 Å². The molecule has 6 atom stereocenters. The van der Waals surface area contributed by atoms with Crippen LogP contribution in [0.4, 0.5) is 4.79 Å². The largest absolute Gasteiger partial charge is 0.488 e. The van der Waals surface area contributed by atoms with Crippen LogP contribution in [0.25, 0.3) is 10.4 Å². The van der Waals surface area contributed by atoms with Crippen molar-refractivity contribution in [1.29, 1.82) is 0 Å². The third kappa shape index (κ3) is 7.89. The topological polar surface area (TPSA) is 267 Å². The summed E-state index contributed by atoms with van der Waals surface area (Å²) in [7, 11) is -16.1. The highest BCUT2D eigenvalue weighted by molar-refractivity contribution is 7.68. The van der Waals surface area contributed by atoms with Gasteiger partial charge in [-0.05, 0) is 5.53 Å². The van der Waals surface area contributed by atoms with Crippen molar-refractivity contribution in [3.63, 3.8) is 0 Å². The number of amides is 3. The number of nitrogens with one attached hydrogen (secondary N) is 1. The Morgan fingerprint density at radius 3 is 2.50 bits per heavy atom. The van der Waals surface area contributed by atoms with Crippen LogP contribution in [0.3, 0.4) is 0 Å². The van der Waals surface area contributed by atoms with Crippen molar-refractivity contribution in [2.75, 3.05) is 19.5 Å². The van der Waals surface area contributed by atoms with E-state index in [1.165, 1.54) is 4.90 Å². The number of imide groups is 1. The van der Waals surface area contributed by atoms with Crippen molar-refractivity contribution in [2.24, 2.45) is 11.0 Å². The number of ether oxygens (including phenoxy) is 2. The van der Waals surface area contributed by atoms with Crippen LogP contribution in [0, 0.1) is 5.92 Å². The summed E-state index contributed by atoms with van der Waals surface area (Å²) in [6.07, 6.45) is -3.10. The van der Waals surface area contributed by atoms with E-state index in [9.17, 15) is 28.2 Å². The van der Waals surface area contributed by atoms with Gasteiger partial charge < -0.3 is 29.0 Å². The van der Waals surface area contributed by atoms with Crippen molar-refractivity contribution in [3.05, 3.63) is 10.4 Å². The van der Waals surface area contributed by atoms with Crippen molar-refractivity contribution in [2.45, 2.75) is 31.7 Å². The summed E-state index contributed by atoms with van der Waals surface area (Å²) in [6, 6.07) is -1.58. The third-order valence-corrected chi connectivity index (χ3v) is 8.17. The van der Waals surface area contributed by atoms with Gasteiger partial charge in [0.2, 0.25) is 5.91 Å². The molecule has 0 radical (unpaired) electrons. The quantitative estimate of drug-likeness (QED) is 0.112. The van der Waals surface area contributed by atoms with Crippen LogP contribution in [0.2, 0.25) is 0 Å². The van der Waals surface area contributed by atoms with E-state index in [1.807, 2.05) is 0 Å². The highest BCUT2D eigenvalue weighted by Gasteiger charge is 2.44. The van der Waals surface area contributed by atoms with Gasteiger partial charge in [-0.1, -0.05) is 12.0 Å². The van der Waals surface area contributed by atoms with E-state index >= 15 is 0 Å². The molecule has 0 spiro atoms. The van der Waals surface area contributed by atoms with Gasteiger partial charge in [0.15, 0.2) is 0 Å². The van der Waals surface area contributed by atoms with E-state index in [4.69, 9.17) is 29.7 Å². The van der Waals surface area contributed by atoms with Crippen LogP contribution in [0.15, 0.2) is 5.11 Å². The number of urea groups is 1. The highest BCUT2D eigenvalue weighted by Crippen LogP contribution is 2.65. The number of carbonyl (C=O) groups is 2. The molecule has 2 aliphatic heterocycles. The number of nitrogens with zero attached hydrogens (tertiary/aromatic N) is 4. The monoisotopic (exact) mass is 523 g/mol. The molecule has 2 saturated heterocycles. The molecule has 0 bridgehead atoms. The van der Waals surface area contributed by atoms with Gasteiger partial charge in [-0.2, -0.15) is 4.31 Å². The maximum Gasteiger partial charge on any atom is 0.488 e. The summed E-state index contributed by atoms with van der Waals surface area (Å²) >= 11 is 0. The Hall–Kier alpha value is -1.38. The van der Waals surface area contributed by atoms with E-state index in [1.54, 1.807) is 6.92 Å². The molecule has 2 aliphatic rings. The van der Waals surface area contributed by atoms with Crippen LogP contribution in [0.5, 0.6) is 0 Å². The number of azide groups is 1. The molecule has 18 nitrogen and oxygen atoms in total. The Balaban J connectivity index is 1.96. The fourth-order valence-corrected chi connectivity index (χ4v) is 6.15. The number of hydrogen-bond donors (Lipinski definition) is 5. The summed E-state index contributed by atoms with van der Waals surface area (Å²) in [4.78, 5) is 63.2. The van der Waals surface area contributed by atoms with Crippen LogP contribution >= 0.6 is 23.2 Å². The molecule has 182 valence electrons. The first-order valence-electron chi connectivity index (χ1n) is 8.64. The van der Waals surface area contributed by atoms with E-state index < -0.39 is 72.4 Å². The van der Waals surface area contributed by atoms with Gasteiger partial charge in [0.25, 0.3) is 0 Å². The number of hydrogen-bond acceptors (Lipinski definition) is 10. The zero-order valence-electron chi connectivity index (χ0n) is 16.2. The predicted octanol–water partition coefficient (Wildman–Crippen LogP) is 0.354. The predicted molar refractivity (Wildman–Crippen MR) is 100 cm³/mol. The fourth-order valence-electron chi connectivity index (χ4n) is 2.87. The molecule has 4 unspecified atom stereocenters. The molecule has 2 rings (SSSR count). The molecule has 0 aliphatic carbocycles. The average molecular weight is 523 g/mol. The minimum absolute atomic E-state index is 0.0294. The van der Waals surface area contributed by atoms with Gasteiger partial charge >= 0.3 is 29.3 Å². The maximum atomic E-state index is 12.1. The molecule has 0 aromatic heterocycles. The molecule has 3 amide bonds. The molecular weight excluding hydrogens is 503 g/mol. The summed E-state index contributed by atoms with van der Waals surface area (Å²) in [6.45, 7) is 1.13. The van der Waals surface area contributed by atoms with Crippen molar-refractivity contribution in [3.8, 4) is 0 Å². The van der Waals surface area contributed by atoms with Gasteiger partial charge in [-0.15, -0.1) is 0 Å². The summed E-state index contributed by atoms with van der Waals surface area (Å²) in [5, 5.41) is 5.67. The second kappa shape index (κ2) is 10.3. The van der Waals surface area contributed by atoms with E-state index in [2.05, 4.69) is 24.0 Å². The maximum absolute atomic E-state index is 12.1. The van der Waals surface area contributed by atoms with E-state index in [-0.39, 0.29) is 13.0 Å². The van der Waals surface area contributed by atoms with Gasteiger partial charge in [-0.3, -0.25) is 19.6 Å². The lowest BCUT2D eigenvalue weighted by Crippen LogP contribution is -2.57. The molecule has 32 heavy (non-hydrogen) atoms. The first kappa shape index (κ1) is 26.9. The Morgan fingerprint density at radius 2 is 1.91 bits per heavy atom. The molecule has 0 aromatic carbocycles. The average Bonchev–Trinajstić information content (AvgIpc) is 2.97. The SMILES string of the molecule is CC1CN([C@H]2CC(N=[N+]=[N-])[C@@H](COCP(=O)(O)OP(=O)(O)OP(=O)(O)O)O2)C(=O)NC1=O. The zero-order valence-corrected chi connectivity index (χ0v) is 18.9.